The molecule has 0 saturated heterocycles. The second kappa shape index (κ2) is 12.1. The molecule has 0 fully saturated rings. The van der Waals surface area contributed by atoms with E-state index < -0.39 is 12.0 Å². The fourth-order valence-electron chi connectivity index (χ4n) is 3.82. The first-order chi connectivity index (χ1) is 17.5. The lowest BCUT2D eigenvalue weighted by Gasteiger charge is -2.15. The predicted molar refractivity (Wildman–Crippen MR) is 150 cm³/mol. The maximum Gasteiger partial charge on any atom is 0.330 e. The molecule has 0 aliphatic heterocycles. The number of hydrogen-bond donors (Lipinski definition) is 0. The van der Waals surface area contributed by atoms with Crippen molar-refractivity contribution in [2.75, 3.05) is 7.11 Å². The molecule has 0 aliphatic carbocycles. The molecule has 4 aromatic carbocycles. The van der Waals surface area contributed by atoms with E-state index in [1.807, 2.05) is 84.9 Å². The third-order valence-electron chi connectivity index (χ3n) is 5.67. The van der Waals surface area contributed by atoms with E-state index in [0.29, 0.717) is 17.5 Å². The molecule has 180 valence electrons. The van der Waals surface area contributed by atoms with Gasteiger partial charge in [-0.25, -0.2) is 4.79 Å². The summed E-state index contributed by atoms with van der Waals surface area (Å²) in [5, 5.41) is 0. The number of aliphatic imine (C=N–C) groups is 1. The fraction of sp³-hybridized carbons (Fsp3) is 0.100. The van der Waals surface area contributed by atoms with E-state index in [4.69, 9.17) is 9.73 Å². The Balaban J connectivity index is 1.64. The highest BCUT2D eigenvalue weighted by Gasteiger charge is 2.21. The van der Waals surface area contributed by atoms with Gasteiger partial charge in [0.05, 0.1) is 12.8 Å². The molecule has 0 aliphatic rings. The highest BCUT2D eigenvalue weighted by atomic mass is 79.9. The summed E-state index contributed by atoms with van der Waals surface area (Å²) < 4.78 is 6.65. The number of carbonyl (C=O) groups excluding carboxylic acids is 2. The van der Waals surface area contributed by atoms with Gasteiger partial charge in [-0.3, -0.25) is 9.79 Å². The molecular weight excluding hydrogens is 582 g/mol. The van der Waals surface area contributed by atoms with Crippen LogP contribution in [0.25, 0.3) is 0 Å². The van der Waals surface area contributed by atoms with Crippen LogP contribution >= 0.6 is 31.9 Å². The average molecular weight is 605 g/mol. The summed E-state index contributed by atoms with van der Waals surface area (Å²) in [5.74, 6) is -0.509. The number of carbonyl (C=O) groups is 2. The van der Waals surface area contributed by atoms with Crippen molar-refractivity contribution in [3.05, 3.63) is 140 Å². The van der Waals surface area contributed by atoms with Crippen LogP contribution in [0.2, 0.25) is 0 Å². The van der Waals surface area contributed by atoms with E-state index in [9.17, 15) is 9.59 Å². The van der Waals surface area contributed by atoms with Crippen molar-refractivity contribution < 1.29 is 14.3 Å². The molecule has 0 bridgehead atoms. The summed E-state index contributed by atoms with van der Waals surface area (Å²) in [5.41, 5.74) is 4.56. The molecule has 0 N–H and O–H groups in total. The number of halogens is 2. The fourth-order valence-corrected chi connectivity index (χ4v) is 4.61. The lowest BCUT2D eigenvalue weighted by Crippen LogP contribution is -2.25. The van der Waals surface area contributed by atoms with Gasteiger partial charge in [0.1, 0.15) is 0 Å². The van der Waals surface area contributed by atoms with E-state index >= 15 is 0 Å². The molecule has 0 spiro atoms. The van der Waals surface area contributed by atoms with Crippen LogP contribution in [0, 0.1) is 0 Å². The molecular formula is C30H23Br2NO3. The Morgan fingerprint density at radius 1 is 0.778 bits per heavy atom. The largest absolute Gasteiger partial charge is 0.467 e. The van der Waals surface area contributed by atoms with E-state index in [2.05, 4.69) is 31.9 Å². The first kappa shape index (κ1) is 25.7. The van der Waals surface area contributed by atoms with Crippen molar-refractivity contribution in [2.24, 2.45) is 4.99 Å². The van der Waals surface area contributed by atoms with Gasteiger partial charge in [-0.1, -0.05) is 117 Å². The maximum atomic E-state index is 13.0. The number of ether oxygens (including phenoxy) is 1. The SMILES string of the molecule is COC(=O)C(Cc1ccc(C(=O)c2cc(Br)ccc2Br)cc1)N=C(c1ccccc1)c1ccccc1. The molecule has 6 heteroatoms. The summed E-state index contributed by atoms with van der Waals surface area (Å²) in [6.07, 6.45) is 0.338. The Bertz CT molecular complexity index is 1340. The molecule has 0 aromatic heterocycles. The molecule has 0 amide bonds. The zero-order chi connectivity index (χ0) is 25.5. The predicted octanol–water partition coefficient (Wildman–Crippen LogP) is 7.06. The summed E-state index contributed by atoms with van der Waals surface area (Å²) in [4.78, 5) is 30.6. The normalized spacial score (nSPS) is 11.4. The van der Waals surface area contributed by atoms with Crippen LogP contribution < -0.4 is 0 Å². The highest BCUT2D eigenvalue weighted by Crippen LogP contribution is 2.24. The first-order valence-corrected chi connectivity index (χ1v) is 12.9. The number of methoxy groups -OCH3 is 1. The topological polar surface area (TPSA) is 55.7 Å². The third kappa shape index (κ3) is 6.25. The van der Waals surface area contributed by atoms with Crippen molar-refractivity contribution in [3.63, 3.8) is 0 Å². The van der Waals surface area contributed by atoms with Gasteiger partial charge in [0, 0.05) is 37.6 Å². The van der Waals surface area contributed by atoms with Crippen molar-refractivity contribution in [2.45, 2.75) is 12.5 Å². The van der Waals surface area contributed by atoms with Gasteiger partial charge in [-0.15, -0.1) is 0 Å². The van der Waals surface area contributed by atoms with Gasteiger partial charge >= 0.3 is 5.97 Å². The Hall–Kier alpha value is -3.35. The van der Waals surface area contributed by atoms with Crippen LogP contribution in [-0.2, 0) is 16.0 Å². The van der Waals surface area contributed by atoms with E-state index in [-0.39, 0.29) is 5.78 Å². The molecule has 4 aromatic rings. The average Bonchev–Trinajstić information content (AvgIpc) is 2.92. The van der Waals surface area contributed by atoms with Crippen LogP contribution in [-0.4, -0.2) is 30.6 Å². The molecule has 0 saturated carbocycles. The molecule has 36 heavy (non-hydrogen) atoms. The molecule has 1 atom stereocenters. The monoisotopic (exact) mass is 603 g/mol. The van der Waals surface area contributed by atoms with Gasteiger partial charge in [0.15, 0.2) is 11.8 Å². The summed E-state index contributed by atoms with van der Waals surface area (Å²) in [7, 11) is 1.37. The number of rotatable bonds is 8. The number of ketones is 1. The lowest BCUT2D eigenvalue weighted by atomic mass is 9.98. The molecule has 1 unspecified atom stereocenters. The van der Waals surface area contributed by atoms with Crippen molar-refractivity contribution in [3.8, 4) is 0 Å². The van der Waals surface area contributed by atoms with Crippen molar-refractivity contribution in [1.29, 1.82) is 0 Å². The third-order valence-corrected chi connectivity index (χ3v) is 6.86. The first-order valence-electron chi connectivity index (χ1n) is 11.3. The van der Waals surface area contributed by atoms with E-state index in [0.717, 1.165) is 31.3 Å². The van der Waals surface area contributed by atoms with Gasteiger partial charge in [-0.2, -0.15) is 0 Å². The Morgan fingerprint density at radius 2 is 1.36 bits per heavy atom. The van der Waals surface area contributed by atoms with Gasteiger partial charge in [-0.05, 0) is 23.8 Å². The number of benzene rings is 4. The minimum absolute atomic E-state index is 0.0901. The van der Waals surface area contributed by atoms with Crippen LogP contribution in [0.1, 0.15) is 32.6 Å². The zero-order valence-corrected chi connectivity index (χ0v) is 22.7. The highest BCUT2D eigenvalue weighted by molar-refractivity contribution is 9.11. The maximum absolute atomic E-state index is 13.0. The number of esters is 1. The lowest BCUT2D eigenvalue weighted by molar-refractivity contribution is -0.142. The molecule has 4 rings (SSSR count). The second-order valence-electron chi connectivity index (χ2n) is 8.10. The molecule has 4 nitrogen and oxygen atoms in total. The number of hydrogen-bond acceptors (Lipinski definition) is 4. The van der Waals surface area contributed by atoms with E-state index in [1.54, 1.807) is 18.2 Å². The quantitative estimate of drug-likeness (QED) is 0.123. The van der Waals surface area contributed by atoms with Gasteiger partial charge in [0.2, 0.25) is 0 Å². The van der Waals surface area contributed by atoms with Gasteiger partial charge < -0.3 is 4.74 Å². The second-order valence-corrected chi connectivity index (χ2v) is 9.87. The molecule has 0 heterocycles. The van der Waals surface area contributed by atoms with Crippen LogP contribution in [0.3, 0.4) is 0 Å². The van der Waals surface area contributed by atoms with Crippen LogP contribution in [0.15, 0.2) is 117 Å². The van der Waals surface area contributed by atoms with Crippen LogP contribution in [0.5, 0.6) is 0 Å². The summed E-state index contributed by atoms with van der Waals surface area (Å²) >= 11 is 6.87. The molecule has 0 radical (unpaired) electrons. The van der Waals surface area contributed by atoms with E-state index in [1.165, 1.54) is 7.11 Å². The minimum atomic E-state index is -0.744. The number of nitrogens with zero attached hydrogens (tertiary/aromatic N) is 1. The van der Waals surface area contributed by atoms with Crippen molar-refractivity contribution >= 4 is 49.3 Å². The Morgan fingerprint density at radius 3 is 1.92 bits per heavy atom. The Kier molecular flexibility index (Phi) is 8.62. The summed E-state index contributed by atoms with van der Waals surface area (Å²) in [6.45, 7) is 0. The standard InChI is InChI=1S/C30H23Br2NO3/c1-36-30(35)27(33-28(21-8-4-2-5-9-21)22-10-6-3-7-11-22)18-20-12-14-23(15-13-20)29(34)25-19-24(31)16-17-26(25)32/h2-17,19,27H,18H2,1H3. The zero-order valence-electron chi connectivity index (χ0n) is 19.5. The smallest absolute Gasteiger partial charge is 0.330 e. The van der Waals surface area contributed by atoms with Gasteiger partial charge in [0.25, 0.3) is 0 Å². The van der Waals surface area contributed by atoms with Crippen LogP contribution in [0.4, 0.5) is 0 Å². The summed E-state index contributed by atoms with van der Waals surface area (Å²) in [6, 6.07) is 31.6. The minimum Gasteiger partial charge on any atom is -0.467 e. The Labute approximate surface area is 227 Å². The van der Waals surface area contributed by atoms with Crippen molar-refractivity contribution in [1.82, 2.24) is 0 Å².